The van der Waals surface area contributed by atoms with Gasteiger partial charge in [-0.3, -0.25) is 9.59 Å². The number of aromatic nitrogens is 2. The standard InChI is InChI=1S/C19H17N3O5/c1-12(22-18(23)7-5-14(21-22)15-3-2-8-25-15)10-20-19(24)13-4-6-16-17(9-13)27-11-26-16/h2-9,12H,10-11H2,1H3,(H,20,24). The number of fused-ring (bicyclic) bond motifs is 1. The molecule has 1 aromatic carbocycles. The van der Waals surface area contributed by atoms with Gasteiger partial charge in [0.1, 0.15) is 5.69 Å². The second-order valence-electron chi connectivity index (χ2n) is 6.11. The lowest BCUT2D eigenvalue weighted by atomic mass is 10.2. The van der Waals surface area contributed by atoms with Gasteiger partial charge in [-0.2, -0.15) is 5.10 Å². The number of carbonyl (C=O) groups excluding carboxylic acids is 1. The van der Waals surface area contributed by atoms with Crippen molar-refractivity contribution in [3.63, 3.8) is 0 Å². The zero-order chi connectivity index (χ0) is 18.8. The number of ether oxygens (including phenoxy) is 2. The Morgan fingerprint density at radius 2 is 2.07 bits per heavy atom. The monoisotopic (exact) mass is 367 g/mol. The Morgan fingerprint density at radius 1 is 1.22 bits per heavy atom. The lowest BCUT2D eigenvalue weighted by molar-refractivity contribution is 0.0947. The van der Waals surface area contributed by atoms with Gasteiger partial charge in [-0.15, -0.1) is 0 Å². The Labute approximate surface area is 154 Å². The highest BCUT2D eigenvalue weighted by atomic mass is 16.7. The quantitative estimate of drug-likeness (QED) is 0.743. The predicted octanol–water partition coefficient (Wildman–Crippen LogP) is 2.22. The summed E-state index contributed by atoms with van der Waals surface area (Å²) in [4.78, 5) is 24.5. The fourth-order valence-electron chi connectivity index (χ4n) is 2.76. The molecule has 1 aliphatic rings. The molecule has 8 nitrogen and oxygen atoms in total. The molecule has 3 heterocycles. The molecule has 27 heavy (non-hydrogen) atoms. The maximum absolute atomic E-state index is 12.4. The number of nitrogens with zero attached hydrogens (tertiary/aromatic N) is 2. The molecule has 4 rings (SSSR count). The summed E-state index contributed by atoms with van der Waals surface area (Å²) in [5.74, 6) is 1.46. The summed E-state index contributed by atoms with van der Waals surface area (Å²) >= 11 is 0. The van der Waals surface area contributed by atoms with Crippen LogP contribution in [0.2, 0.25) is 0 Å². The van der Waals surface area contributed by atoms with Gasteiger partial charge in [-0.05, 0) is 43.3 Å². The Kier molecular flexibility index (Phi) is 4.37. The van der Waals surface area contributed by atoms with Crippen LogP contribution in [0.5, 0.6) is 11.5 Å². The number of rotatable bonds is 5. The average Bonchev–Trinajstić information content (AvgIpc) is 3.37. The third-order valence-corrected chi connectivity index (χ3v) is 4.21. The van der Waals surface area contributed by atoms with Crippen LogP contribution >= 0.6 is 0 Å². The Hall–Kier alpha value is -3.55. The van der Waals surface area contributed by atoms with Crippen LogP contribution in [0.15, 0.2) is 57.9 Å². The van der Waals surface area contributed by atoms with Gasteiger partial charge in [-0.1, -0.05) is 0 Å². The van der Waals surface area contributed by atoms with Crippen LogP contribution in [-0.2, 0) is 0 Å². The summed E-state index contributed by atoms with van der Waals surface area (Å²) in [5, 5.41) is 7.15. The maximum atomic E-state index is 12.4. The first-order valence-electron chi connectivity index (χ1n) is 8.43. The first-order chi connectivity index (χ1) is 13.1. The fraction of sp³-hybridized carbons (Fsp3) is 0.211. The predicted molar refractivity (Wildman–Crippen MR) is 95.8 cm³/mol. The summed E-state index contributed by atoms with van der Waals surface area (Å²) in [6, 6.07) is 11.2. The lowest BCUT2D eigenvalue weighted by Crippen LogP contribution is -2.34. The van der Waals surface area contributed by atoms with Gasteiger partial charge in [-0.25, -0.2) is 4.68 Å². The van der Waals surface area contributed by atoms with Crippen molar-refractivity contribution in [3.8, 4) is 23.0 Å². The number of furan rings is 1. The Balaban J connectivity index is 1.46. The van der Waals surface area contributed by atoms with E-state index in [9.17, 15) is 9.59 Å². The third kappa shape index (κ3) is 3.41. The van der Waals surface area contributed by atoms with Crippen LogP contribution in [-0.4, -0.2) is 29.0 Å². The van der Waals surface area contributed by atoms with Crippen molar-refractivity contribution < 1.29 is 18.7 Å². The third-order valence-electron chi connectivity index (χ3n) is 4.21. The number of carbonyl (C=O) groups is 1. The first-order valence-corrected chi connectivity index (χ1v) is 8.43. The molecule has 3 aromatic rings. The number of hydrogen-bond acceptors (Lipinski definition) is 6. The smallest absolute Gasteiger partial charge is 0.267 e. The summed E-state index contributed by atoms with van der Waals surface area (Å²) in [6.07, 6.45) is 1.54. The zero-order valence-corrected chi connectivity index (χ0v) is 14.5. The second-order valence-corrected chi connectivity index (χ2v) is 6.11. The minimum Gasteiger partial charge on any atom is -0.463 e. The summed E-state index contributed by atoms with van der Waals surface area (Å²) in [7, 11) is 0. The van der Waals surface area contributed by atoms with E-state index in [1.54, 1.807) is 49.6 Å². The van der Waals surface area contributed by atoms with Crippen LogP contribution < -0.4 is 20.3 Å². The molecule has 1 amide bonds. The van der Waals surface area contributed by atoms with Crippen molar-refractivity contribution in [2.45, 2.75) is 13.0 Å². The molecule has 0 saturated heterocycles. The van der Waals surface area contributed by atoms with Crippen molar-refractivity contribution in [1.82, 2.24) is 15.1 Å². The van der Waals surface area contributed by atoms with E-state index < -0.39 is 0 Å². The topological polar surface area (TPSA) is 95.6 Å². The van der Waals surface area contributed by atoms with Crippen LogP contribution in [0.25, 0.3) is 11.5 Å². The van der Waals surface area contributed by atoms with Gasteiger partial charge in [0.2, 0.25) is 6.79 Å². The number of hydrogen-bond donors (Lipinski definition) is 1. The highest BCUT2D eigenvalue weighted by molar-refractivity contribution is 5.94. The molecule has 1 atom stereocenters. The van der Waals surface area contributed by atoms with Crippen molar-refractivity contribution in [2.75, 3.05) is 13.3 Å². The summed E-state index contributed by atoms with van der Waals surface area (Å²) in [6.45, 7) is 2.19. The molecule has 0 bridgehead atoms. The maximum Gasteiger partial charge on any atom is 0.267 e. The molecule has 8 heteroatoms. The van der Waals surface area contributed by atoms with E-state index in [2.05, 4.69) is 10.4 Å². The molecule has 0 saturated carbocycles. The van der Waals surface area contributed by atoms with E-state index in [0.717, 1.165) is 0 Å². The normalized spacial score (nSPS) is 13.4. The highest BCUT2D eigenvalue weighted by Crippen LogP contribution is 2.32. The molecular weight excluding hydrogens is 350 g/mol. The van der Waals surface area contributed by atoms with Gasteiger partial charge in [0.15, 0.2) is 17.3 Å². The largest absolute Gasteiger partial charge is 0.463 e. The molecule has 0 spiro atoms. The van der Waals surface area contributed by atoms with Crippen molar-refractivity contribution >= 4 is 5.91 Å². The molecule has 0 fully saturated rings. The molecule has 0 aliphatic carbocycles. The van der Waals surface area contributed by atoms with Crippen LogP contribution in [0.3, 0.4) is 0 Å². The van der Waals surface area contributed by atoms with Gasteiger partial charge >= 0.3 is 0 Å². The number of nitrogens with one attached hydrogen (secondary N) is 1. The molecule has 0 radical (unpaired) electrons. The number of benzene rings is 1. The first kappa shape index (κ1) is 16.9. The van der Waals surface area contributed by atoms with E-state index in [1.807, 2.05) is 0 Å². The molecule has 2 aromatic heterocycles. The molecule has 1 N–H and O–H groups in total. The lowest BCUT2D eigenvalue weighted by Gasteiger charge is -2.15. The Bertz CT molecular complexity index is 1030. The van der Waals surface area contributed by atoms with Gasteiger partial charge in [0, 0.05) is 18.2 Å². The van der Waals surface area contributed by atoms with Crippen LogP contribution in [0, 0.1) is 0 Å². The minimum atomic E-state index is -0.342. The van der Waals surface area contributed by atoms with Gasteiger partial charge < -0.3 is 19.2 Å². The Morgan fingerprint density at radius 3 is 2.89 bits per heavy atom. The van der Waals surface area contributed by atoms with E-state index in [-0.39, 0.29) is 30.8 Å². The van der Waals surface area contributed by atoms with Crippen LogP contribution in [0.1, 0.15) is 23.3 Å². The van der Waals surface area contributed by atoms with Crippen molar-refractivity contribution in [2.24, 2.45) is 0 Å². The summed E-state index contributed by atoms with van der Waals surface area (Å²) < 4.78 is 17.2. The van der Waals surface area contributed by atoms with E-state index >= 15 is 0 Å². The molecular formula is C19H17N3O5. The van der Waals surface area contributed by atoms with Gasteiger partial charge in [0.25, 0.3) is 11.5 Å². The highest BCUT2D eigenvalue weighted by Gasteiger charge is 2.17. The van der Waals surface area contributed by atoms with E-state index in [0.29, 0.717) is 28.5 Å². The van der Waals surface area contributed by atoms with E-state index in [4.69, 9.17) is 13.9 Å². The number of amides is 1. The average molecular weight is 367 g/mol. The van der Waals surface area contributed by atoms with Crippen molar-refractivity contribution in [1.29, 1.82) is 0 Å². The van der Waals surface area contributed by atoms with Crippen molar-refractivity contribution in [3.05, 3.63) is 64.6 Å². The SMILES string of the molecule is CC(CNC(=O)c1ccc2c(c1)OCO2)n1nc(-c2ccco2)ccc1=O. The van der Waals surface area contributed by atoms with Crippen LogP contribution in [0.4, 0.5) is 0 Å². The molecule has 138 valence electrons. The minimum absolute atomic E-state index is 0.151. The summed E-state index contributed by atoms with van der Waals surface area (Å²) in [5.41, 5.74) is 0.750. The zero-order valence-electron chi connectivity index (χ0n) is 14.5. The second kappa shape index (κ2) is 6.99. The fourth-order valence-corrected chi connectivity index (χ4v) is 2.76. The molecule has 1 unspecified atom stereocenters. The van der Waals surface area contributed by atoms with E-state index in [1.165, 1.54) is 10.7 Å². The van der Waals surface area contributed by atoms with Gasteiger partial charge in [0.05, 0.1) is 12.3 Å². The molecule has 1 aliphatic heterocycles.